The van der Waals surface area contributed by atoms with Crippen molar-refractivity contribution < 1.29 is 23.8 Å². The minimum Gasteiger partial charge on any atom is -0.507 e. The fourth-order valence-electron chi connectivity index (χ4n) is 3.29. The number of carbonyl (C=O) groups excluding carboxylic acids is 2. The van der Waals surface area contributed by atoms with Crippen LogP contribution >= 0.6 is 0 Å². The van der Waals surface area contributed by atoms with Gasteiger partial charge >= 0.3 is 0 Å². The molecule has 2 aromatic rings. The van der Waals surface area contributed by atoms with Crippen molar-refractivity contribution in [3.05, 3.63) is 65.1 Å². The van der Waals surface area contributed by atoms with E-state index in [1.807, 2.05) is 19.1 Å². The molecule has 6 nitrogen and oxygen atoms in total. The van der Waals surface area contributed by atoms with Crippen molar-refractivity contribution >= 4 is 17.4 Å². The summed E-state index contributed by atoms with van der Waals surface area (Å²) < 4.78 is 10.5. The molecule has 1 aliphatic rings. The van der Waals surface area contributed by atoms with Gasteiger partial charge in [-0.25, -0.2) is 0 Å². The number of hydrogen-bond acceptors (Lipinski definition) is 5. The van der Waals surface area contributed by atoms with Crippen molar-refractivity contribution in [1.82, 2.24) is 4.90 Å². The summed E-state index contributed by atoms with van der Waals surface area (Å²) in [6, 6.07) is 9.95. The standard InChI is InChI=1S/C21H23NO5/c1-3-14-7-9-15(10-8-14)19(23)17-18(16-6-4-13-27-16)22(11-5-12-26-2)21(25)20(17)24/h4,6-10,13,18,23H,3,5,11-12H2,1-2H3/b19-17-. The molecular formula is C21H23NO5. The van der Waals surface area contributed by atoms with E-state index in [0.29, 0.717) is 30.9 Å². The van der Waals surface area contributed by atoms with E-state index in [9.17, 15) is 14.7 Å². The molecule has 1 N–H and O–H groups in total. The highest BCUT2D eigenvalue weighted by molar-refractivity contribution is 6.46. The van der Waals surface area contributed by atoms with E-state index < -0.39 is 17.7 Å². The molecule has 1 aliphatic heterocycles. The zero-order chi connectivity index (χ0) is 19.4. The maximum absolute atomic E-state index is 12.7. The minimum absolute atomic E-state index is 0.0524. The number of amides is 1. The number of carbonyl (C=O) groups is 2. The van der Waals surface area contributed by atoms with Crippen molar-refractivity contribution in [2.75, 3.05) is 20.3 Å². The van der Waals surface area contributed by atoms with Gasteiger partial charge in [0.05, 0.1) is 11.8 Å². The van der Waals surface area contributed by atoms with E-state index in [2.05, 4.69) is 0 Å². The quantitative estimate of drug-likeness (QED) is 0.351. The van der Waals surface area contributed by atoms with E-state index in [-0.39, 0.29) is 11.3 Å². The van der Waals surface area contributed by atoms with Crippen LogP contribution in [-0.4, -0.2) is 42.0 Å². The van der Waals surface area contributed by atoms with Gasteiger partial charge in [0.2, 0.25) is 0 Å². The third-order valence-corrected chi connectivity index (χ3v) is 4.74. The molecule has 1 atom stereocenters. The number of ether oxygens (including phenoxy) is 1. The maximum Gasteiger partial charge on any atom is 0.295 e. The zero-order valence-corrected chi connectivity index (χ0v) is 15.5. The van der Waals surface area contributed by atoms with Gasteiger partial charge in [0.1, 0.15) is 17.6 Å². The molecule has 1 fully saturated rings. The molecule has 0 saturated carbocycles. The predicted molar refractivity (Wildman–Crippen MR) is 100 cm³/mol. The molecular weight excluding hydrogens is 346 g/mol. The van der Waals surface area contributed by atoms with Crippen molar-refractivity contribution in [2.45, 2.75) is 25.8 Å². The molecule has 0 bridgehead atoms. The van der Waals surface area contributed by atoms with Crippen LogP contribution in [0.1, 0.15) is 36.3 Å². The maximum atomic E-state index is 12.7. The third kappa shape index (κ3) is 3.66. The number of furan rings is 1. The van der Waals surface area contributed by atoms with Gasteiger partial charge in [-0.2, -0.15) is 0 Å². The lowest BCUT2D eigenvalue weighted by Gasteiger charge is -2.23. The first-order valence-corrected chi connectivity index (χ1v) is 8.98. The summed E-state index contributed by atoms with van der Waals surface area (Å²) >= 11 is 0. The first-order valence-electron chi connectivity index (χ1n) is 8.98. The van der Waals surface area contributed by atoms with E-state index >= 15 is 0 Å². The van der Waals surface area contributed by atoms with Crippen LogP contribution in [0.5, 0.6) is 0 Å². The Labute approximate surface area is 158 Å². The molecule has 0 aliphatic carbocycles. The molecule has 142 valence electrons. The summed E-state index contributed by atoms with van der Waals surface area (Å²) in [7, 11) is 1.58. The Morgan fingerprint density at radius 2 is 1.96 bits per heavy atom. The monoisotopic (exact) mass is 369 g/mol. The largest absolute Gasteiger partial charge is 0.507 e. The Bertz CT molecular complexity index is 836. The highest BCUT2D eigenvalue weighted by Crippen LogP contribution is 2.39. The van der Waals surface area contributed by atoms with Crippen LogP contribution in [0, 0.1) is 0 Å². The SMILES string of the molecule is CCc1ccc(/C(O)=C2/C(=O)C(=O)N(CCCOC)C2c2ccco2)cc1. The molecule has 2 heterocycles. The van der Waals surface area contributed by atoms with Crippen LogP contribution in [0.3, 0.4) is 0 Å². The Balaban J connectivity index is 2.04. The molecule has 3 rings (SSSR count). The number of methoxy groups -OCH3 is 1. The average Bonchev–Trinajstić information content (AvgIpc) is 3.30. The molecule has 1 aromatic heterocycles. The molecule has 0 radical (unpaired) electrons. The van der Waals surface area contributed by atoms with Crippen molar-refractivity contribution in [3.8, 4) is 0 Å². The lowest BCUT2D eigenvalue weighted by atomic mass is 9.98. The number of Topliss-reactive ketones (excluding diaryl/α,β-unsaturated/α-hetero) is 1. The lowest BCUT2D eigenvalue weighted by Crippen LogP contribution is -2.31. The summed E-state index contributed by atoms with van der Waals surface area (Å²) in [4.78, 5) is 26.7. The minimum atomic E-state index is -0.747. The van der Waals surface area contributed by atoms with Gasteiger partial charge in [-0.15, -0.1) is 0 Å². The Kier molecular flexibility index (Phi) is 5.76. The Morgan fingerprint density at radius 3 is 2.56 bits per heavy atom. The number of rotatable bonds is 7. The first-order chi connectivity index (χ1) is 13.1. The fraction of sp³-hybridized carbons (Fsp3) is 0.333. The number of aliphatic hydroxyl groups is 1. The molecule has 1 amide bonds. The van der Waals surface area contributed by atoms with Gasteiger partial charge in [-0.1, -0.05) is 31.2 Å². The van der Waals surface area contributed by atoms with Crippen LogP contribution in [0.25, 0.3) is 5.76 Å². The summed E-state index contributed by atoms with van der Waals surface area (Å²) in [6.45, 7) is 2.83. The smallest absolute Gasteiger partial charge is 0.295 e. The Morgan fingerprint density at radius 1 is 1.22 bits per heavy atom. The molecule has 1 unspecified atom stereocenters. The van der Waals surface area contributed by atoms with E-state index in [0.717, 1.165) is 12.0 Å². The van der Waals surface area contributed by atoms with E-state index in [1.165, 1.54) is 11.2 Å². The van der Waals surface area contributed by atoms with Gasteiger partial charge in [0.15, 0.2) is 0 Å². The van der Waals surface area contributed by atoms with Crippen molar-refractivity contribution in [2.24, 2.45) is 0 Å². The number of ketones is 1. The Hall–Kier alpha value is -2.86. The second-order valence-electron chi connectivity index (χ2n) is 6.40. The van der Waals surface area contributed by atoms with Crippen LogP contribution in [-0.2, 0) is 20.7 Å². The molecule has 1 saturated heterocycles. The molecule has 6 heteroatoms. The highest BCUT2D eigenvalue weighted by Gasteiger charge is 2.47. The second kappa shape index (κ2) is 8.22. The van der Waals surface area contributed by atoms with Gasteiger partial charge in [0, 0.05) is 25.8 Å². The molecule has 0 spiro atoms. The predicted octanol–water partition coefficient (Wildman–Crippen LogP) is 3.30. The van der Waals surface area contributed by atoms with Crippen molar-refractivity contribution in [3.63, 3.8) is 0 Å². The summed E-state index contributed by atoms with van der Waals surface area (Å²) in [6.07, 6.45) is 2.93. The zero-order valence-electron chi connectivity index (χ0n) is 15.5. The average molecular weight is 369 g/mol. The van der Waals surface area contributed by atoms with Crippen LogP contribution < -0.4 is 0 Å². The van der Waals surface area contributed by atoms with Gasteiger partial charge in [0.25, 0.3) is 11.7 Å². The van der Waals surface area contributed by atoms with Gasteiger partial charge in [-0.05, 0) is 30.5 Å². The normalized spacial score (nSPS) is 19.0. The van der Waals surface area contributed by atoms with Gasteiger partial charge in [-0.3, -0.25) is 9.59 Å². The third-order valence-electron chi connectivity index (χ3n) is 4.74. The fourth-order valence-corrected chi connectivity index (χ4v) is 3.29. The van der Waals surface area contributed by atoms with Crippen LogP contribution in [0.15, 0.2) is 52.7 Å². The molecule has 1 aromatic carbocycles. The number of likely N-dealkylation sites (tertiary alicyclic amines) is 1. The number of nitrogens with zero attached hydrogens (tertiary/aromatic N) is 1. The topological polar surface area (TPSA) is 80.0 Å². The second-order valence-corrected chi connectivity index (χ2v) is 6.40. The number of aliphatic hydroxyl groups excluding tert-OH is 1. The van der Waals surface area contributed by atoms with Crippen LogP contribution in [0.2, 0.25) is 0 Å². The number of benzene rings is 1. The molecule has 27 heavy (non-hydrogen) atoms. The van der Waals surface area contributed by atoms with E-state index in [1.54, 1.807) is 31.4 Å². The highest BCUT2D eigenvalue weighted by atomic mass is 16.5. The summed E-state index contributed by atoms with van der Waals surface area (Å²) in [5.41, 5.74) is 1.67. The van der Waals surface area contributed by atoms with Crippen molar-refractivity contribution in [1.29, 1.82) is 0 Å². The number of hydrogen-bond donors (Lipinski definition) is 1. The van der Waals surface area contributed by atoms with E-state index in [4.69, 9.17) is 9.15 Å². The number of aryl methyl sites for hydroxylation is 1. The summed E-state index contributed by atoms with van der Waals surface area (Å²) in [5, 5.41) is 10.8. The van der Waals surface area contributed by atoms with Gasteiger partial charge < -0.3 is 19.2 Å². The summed E-state index contributed by atoms with van der Waals surface area (Å²) in [5.74, 6) is -1.09. The van der Waals surface area contributed by atoms with Crippen LogP contribution in [0.4, 0.5) is 0 Å². The lowest BCUT2D eigenvalue weighted by molar-refractivity contribution is -0.140. The first kappa shape index (κ1) is 18.9.